The summed E-state index contributed by atoms with van der Waals surface area (Å²) in [5.74, 6) is 0. The molecule has 0 bridgehead atoms. The van der Waals surface area contributed by atoms with Gasteiger partial charge >= 0.3 is 6.18 Å². The van der Waals surface area contributed by atoms with Crippen molar-refractivity contribution in [3.8, 4) is 0 Å². The Morgan fingerprint density at radius 1 is 1.22 bits per heavy atom. The van der Waals surface area contributed by atoms with E-state index in [1.54, 1.807) is 6.92 Å². The van der Waals surface area contributed by atoms with Crippen molar-refractivity contribution >= 4 is 0 Å². The quantitative estimate of drug-likeness (QED) is 0.852. The Morgan fingerprint density at radius 2 is 1.83 bits per heavy atom. The van der Waals surface area contributed by atoms with Crippen LogP contribution in [0.2, 0.25) is 0 Å². The highest BCUT2D eigenvalue weighted by Crippen LogP contribution is 2.18. The Bertz CT molecular complexity index is 338. The van der Waals surface area contributed by atoms with Gasteiger partial charge in [-0.25, -0.2) is 0 Å². The second kappa shape index (κ2) is 6.75. The van der Waals surface area contributed by atoms with Gasteiger partial charge in [-0.3, -0.25) is 4.90 Å². The van der Waals surface area contributed by atoms with Crippen molar-refractivity contribution in [3.05, 3.63) is 35.9 Å². The molecule has 0 amide bonds. The van der Waals surface area contributed by atoms with Crippen molar-refractivity contribution in [1.82, 2.24) is 4.90 Å². The molecule has 0 fully saturated rings. The van der Waals surface area contributed by atoms with E-state index in [1.165, 1.54) is 4.90 Å². The average Bonchev–Trinajstić information content (AvgIpc) is 2.33. The monoisotopic (exact) mass is 260 g/mol. The third kappa shape index (κ3) is 5.51. The van der Waals surface area contributed by atoms with Crippen molar-refractivity contribution in [2.24, 2.45) is 5.73 Å². The smallest absolute Gasteiger partial charge is 0.324 e. The normalized spacial score (nSPS) is 13.9. The summed E-state index contributed by atoms with van der Waals surface area (Å²) >= 11 is 0. The van der Waals surface area contributed by atoms with Crippen LogP contribution in [-0.2, 0) is 0 Å². The third-order valence-corrected chi connectivity index (χ3v) is 2.83. The zero-order valence-corrected chi connectivity index (χ0v) is 10.5. The number of hydrogen-bond acceptors (Lipinski definition) is 2. The number of nitrogens with two attached hydrogens (primary N) is 1. The number of alkyl halides is 3. The molecule has 0 aliphatic heterocycles. The van der Waals surface area contributed by atoms with Gasteiger partial charge in [0.1, 0.15) is 0 Å². The van der Waals surface area contributed by atoms with Crippen molar-refractivity contribution in [1.29, 1.82) is 0 Å². The minimum Gasteiger partial charge on any atom is -0.324 e. The van der Waals surface area contributed by atoms with E-state index >= 15 is 0 Å². The van der Waals surface area contributed by atoms with Gasteiger partial charge in [-0.15, -0.1) is 0 Å². The van der Waals surface area contributed by atoms with Crippen LogP contribution in [-0.4, -0.2) is 30.7 Å². The van der Waals surface area contributed by atoms with Gasteiger partial charge in [-0.2, -0.15) is 13.2 Å². The molecule has 102 valence electrons. The lowest BCUT2D eigenvalue weighted by molar-refractivity contribution is -0.145. The summed E-state index contributed by atoms with van der Waals surface area (Å²) in [6.45, 7) is 1.58. The molecule has 1 aromatic rings. The van der Waals surface area contributed by atoms with Crippen LogP contribution >= 0.6 is 0 Å². The molecular formula is C13H19F3N2. The van der Waals surface area contributed by atoms with Crippen LogP contribution in [0.5, 0.6) is 0 Å². The summed E-state index contributed by atoms with van der Waals surface area (Å²) < 4.78 is 36.8. The van der Waals surface area contributed by atoms with E-state index in [0.29, 0.717) is 19.5 Å². The predicted octanol–water partition coefficient (Wildman–Crippen LogP) is 2.96. The zero-order valence-electron chi connectivity index (χ0n) is 10.5. The van der Waals surface area contributed by atoms with Crippen LogP contribution in [0.15, 0.2) is 30.3 Å². The molecule has 0 aliphatic carbocycles. The summed E-state index contributed by atoms with van der Waals surface area (Å²) in [5.41, 5.74) is 6.91. The number of hydrogen-bond donors (Lipinski definition) is 1. The highest BCUT2D eigenvalue weighted by molar-refractivity contribution is 5.18. The molecule has 0 saturated carbocycles. The van der Waals surface area contributed by atoms with E-state index in [1.807, 2.05) is 30.3 Å². The van der Waals surface area contributed by atoms with E-state index < -0.39 is 12.7 Å². The van der Waals surface area contributed by atoms with E-state index in [0.717, 1.165) is 5.56 Å². The fourth-order valence-electron chi connectivity index (χ4n) is 1.79. The molecule has 0 aromatic heterocycles. The molecule has 0 heterocycles. The number of nitrogens with zero attached hydrogens (tertiary/aromatic N) is 1. The van der Waals surface area contributed by atoms with Gasteiger partial charge in [0.2, 0.25) is 0 Å². The Balaban J connectivity index is 2.43. The van der Waals surface area contributed by atoms with Crippen molar-refractivity contribution in [2.45, 2.75) is 25.6 Å². The highest BCUT2D eigenvalue weighted by Gasteiger charge is 2.29. The van der Waals surface area contributed by atoms with Gasteiger partial charge < -0.3 is 5.73 Å². The zero-order chi connectivity index (χ0) is 13.6. The third-order valence-electron chi connectivity index (χ3n) is 2.83. The van der Waals surface area contributed by atoms with Gasteiger partial charge in [-0.05, 0) is 18.5 Å². The highest BCUT2D eigenvalue weighted by atomic mass is 19.4. The first-order valence-corrected chi connectivity index (χ1v) is 6.02. The van der Waals surface area contributed by atoms with Crippen molar-refractivity contribution in [3.63, 3.8) is 0 Å². The van der Waals surface area contributed by atoms with E-state index in [4.69, 9.17) is 5.73 Å². The van der Waals surface area contributed by atoms with Crippen molar-refractivity contribution < 1.29 is 13.2 Å². The molecule has 18 heavy (non-hydrogen) atoms. The minimum absolute atomic E-state index is 0.214. The maximum absolute atomic E-state index is 12.3. The molecule has 1 unspecified atom stereocenters. The second-order valence-electron chi connectivity index (χ2n) is 4.29. The predicted molar refractivity (Wildman–Crippen MR) is 66.2 cm³/mol. The van der Waals surface area contributed by atoms with E-state index in [9.17, 15) is 13.2 Å². The summed E-state index contributed by atoms with van der Waals surface area (Å²) in [4.78, 5) is 1.36. The van der Waals surface area contributed by atoms with Crippen LogP contribution in [0.25, 0.3) is 0 Å². The second-order valence-corrected chi connectivity index (χ2v) is 4.29. The Labute approximate surface area is 106 Å². The van der Waals surface area contributed by atoms with Crippen LogP contribution in [0.4, 0.5) is 13.2 Å². The first-order valence-electron chi connectivity index (χ1n) is 6.02. The standard InChI is InChI=1S/C13H19F3N2/c1-2-18(10-13(14,15)16)9-8-12(17)11-6-4-3-5-7-11/h3-7,12H,2,8-10,17H2,1H3. The number of rotatable bonds is 6. The number of halogens is 3. The first kappa shape index (κ1) is 15.0. The van der Waals surface area contributed by atoms with Gasteiger partial charge in [0.15, 0.2) is 0 Å². The van der Waals surface area contributed by atoms with Crippen molar-refractivity contribution in [2.75, 3.05) is 19.6 Å². The summed E-state index contributed by atoms with van der Waals surface area (Å²) in [5, 5.41) is 0. The largest absolute Gasteiger partial charge is 0.401 e. The molecular weight excluding hydrogens is 241 g/mol. The first-order chi connectivity index (χ1) is 8.42. The molecule has 2 N–H and O–H groups in total. The van der Waals surface area contributed by atoms with E-state index in [2.05, 4.69) is 0 Å². The van der Waals surface area contributed by atoms with E-state index in [-0.39, 0.29) is 6.04 Å². The fourth-order valence-corrected chi connectivity index (χ4v) is 1.79. The molecule has 1 aromatic carbocycles. The van der Waals surface area contributed by atoms with Gasteiger partial charge in [0.05, 0.1) is 6.54 Å². The molecule has 1 rings (SSSR count). The maximum Gasteiger partial charge on any atom is 0.401 e. The Morgan fingerprint density at radius 3 is 2.33 bits per heavy atom. The lowest BCUT2D eigenvalue weighted by atomic mass is 10.0. The molecule has 0 aliphatic rings. The Hall–Kier alpha value is -1.07. The summed E-state index contributed by atoms with van der Waals surface area (Å²) in [7, 11) is 0. The summed E-state index contributed by atoms with van der Waals surface area (Å²) in [6, 6.07) is 9.21. The maximum atomic E-state index is 12.3. The number of benzene rings is 1. The SMILES string of the molecule is CCN(CCC(N)c1ccccc1)CC(F)(F)F. The average molecular weight is 260 g/mol. The minimum atomic E-state index is -4.15. The van der Waals surface area contributed by atoms with Crippen LogP contribution in [0.1, 0.15) is 24.9 Å². The van der Waals surface area contributed by atoms with Crippen LogP contribution in [0, 0.1) is 0 Å². The topological polar surface area (TPSA) is 29.3 Å². The van der Waals surface area contributed by atoms with Gasteiger partial charge in [0.25, 0.3) is 0 Å². The van der Waals surface area contributed by atoms with Gasteiger partial charge in [-0.1, -0.05) is 37.3 Å². The molecule has 1 atom stereocenters. The van der Waals surface area contributed by atoms with Crippen LogP contribution < -0.4 is 5.73 Å². The molecule has 2 nitrogen and oxygen atoms in total. The molecule has 0 radical (unpaired) electrons. The van der Waals surface area contributed by atoms with Crippen LogP contribution in [0.3, 0.4) is 0 Å². The lowest BCUT2D eigenvalue weighted by Gasteiger charge is -2.23. The summed E-state index contributed by atoms with van der Waals surface area (Å²) in [6.07, 6.45) is -3.62. The van der Waals surface area contributed by atoms with Gasteiger partial charge in [0, 0.05) is 12.6 Å². The molecule has 0 spiro atoms. The fraction of sp³-hybridized carbons (Fsp3) is 0.538. The Kier molecular flexibility index (Phi) is 5.62. The molecule has 0 saturated heterocycles. The molecule has 5 heteroatoms. The lowest BCUT2D eigenvalue weighted by Crippen LogP contribution is -2.35.